The van der Waals surface area contributed by atoms with E-state index < -0.39 is 16.3 Å². The van der Waals surface area contributed by atoms with Crippen molar-refractivity contribution in [3.63, 3.8) is 0 Å². The van der Waals surface area contributed by atoms with E-state index in [4.69, 9.17) is 0 Å². The van der Waals surface area contributed by atoms with Gasteiger partial charge in [-0.3, -0.25) is 19.7 Å². The van der Waals surface area contributed by atoms with Crippen molar-refractivity contribution >= 4 is 23.2 Å². The summed E-state index contributed by atoms with van der Waals surface area (Å²) in [4.78, 5) is 39.6. The molecule has 2 amide bonds. The smallest absolute Gasteiger partial charge is 0.269 e. The Morgan fingerprint density at radius 3 is 1.97 bits per heavy atom. The quantitative estimate of drug-likeness (QED) is 0.242. The Kier molecular flexibility index (Phi) is 4.93. The van der Waals surface area contributed by atoms with Gasteiger partial charge in [0, 0.05) is 24.0 Å². The van der Waals surface area contributed by atoms with Gasteiger partial charge in [-0.2, -0.15) is 0 Å². The number of imide groups is 1. The molecule has 2 aliphatic rings. The fourth-order valence-electron chi connectivity index (χ4n) is 5.33. The minimum absolute atomic E-state index is 0.0903. The van der Waals surface area contributed by atoms with E-state index in [1.165, 1.54) is 29.2 Å². The van der Waals surface area contributed by atoms with Crippen LogP contribution < -0.4 is 4.90 Å². The summed E-state index contributed by atoms with van der Waals surface area (Å²) in [5.41, 5.74) is 1.20. The highest BCUT2D eigenvalue weighted by Crippen LogP contribution is 2.57. The van der Waals surface area contributed by atoms with E-state index in [0.717, 1.165) is 11.1 Å². The fourth-order valence-corrected chi connectivity index (χ4v) is 5.33. The van der Waals surface area contributed by atoms with Gasteiger partial charge in [0.15, 0.2) is 0 Å². The first-order valence-electron chi connectivity index (χ1n) is 10.8. The molecule has 4 atom stereocenters. The molecule has 1 heterocycles. The third-order valence-corrected chi connectivity index (χ3v) is 6.97. The topological polar surface area (TPSA) is 80.5 Å². The molecule has 0 N–H and O–H groups in total. The van der Waals surface area contributed by atoms with Gasteiger partial charge in [0.2, 0.25) is 11.8 Å². The number of nitrogens with zero attached hydrogens (tertiary/aromatic N) is 2. The largest absolute Gasteiger partial charge is 0.274 e. The Hall–Kier alpha value is -4.06. The Morgan fingerprint density at radius 1 is 0.818 bits per heavy atom. The van der Waals surface area contributed by atoms with Crippen LogP contribution in [0.3, 0.4) is 0 Å². The number of carbonyl (C=O) groups is 2. The van der Waals surface area contributed by atoms with Gasteiger partial charge in [0.1, 0.15) is 0 Å². The standard InChI is InChI=1S/C27H22N2O4/c1-27-23(19-10-6-3-7-11-19)17-16-22(18-8-4-2-5-9-18)24(27)25(30)28(26(27)31)20-12-14-21(15-13-20)29(32)33/h2-17,22-24H,1H3/t22-,23+,24-,27+/m1/s1. The van der Waals surface area contributed by atoms with E-state index in [0.29, 0.717) is 5.69 Å². The Morgan fingerprint density at radius 2 is 1.39 bits per heavy atom. The molecule has 3 aromatic rings. The normalized spacial score (nSPS) is 26.3. The summed E-state index contributed by atoms with van der Waals surface area (Å²) in [5, 5.41) is 11.1. The van der Waals surface area contributed by atoms with Gasteiger partial charge in [0.25, 0.3) is 5.69 Å². The third kappa shape index (κ3) is 3.18. The molecule has 1 saturated heterocycles. The Labute approximate surface area is 191 Å². The van der Waals surface area contributed by atoms with Crippen molar-refractivity contribution in [3.8, 4) is 0 Å². The number of hydrogen-bond donors (Lipinski definition) is 0. The molecule has 0 aromatic heterocycles. The van der Waals surface area contributed by atoms with E-state index in [-0.39, 0.29) is 29.3 Å². The summed E-state index contributed by atoms with van der Waals surface area (Å²) in [5.74, 6) is -1.70. The van der Waals surface area contributed by atoms with Crippen molar-refractivity contribution in [2.75, 3.05) is 4.90 Å². The lowest BCUT2D eigenvalue weighted by Crippen LogP contribution is -2.42. The lowest BCUT2D eigenvalue weighted by molar-refractivity contribution is -0.384. The second-order valence-electron chi connectivity index (χ2n) is 8.72. The zero-order valence-corrected chi connectivity index (χ0v) is 18.0. The first kappa shape index (κ1) is 20.8. The van der Waals surface area contributed by atoms with Crippen molar-refractivity contribution in [2.45, 2.75) is 18.8 Å². The average molecular weight is 438 g/mol. The highest BCUT2D eigenvalue weighted by molar-refractivity contribution is 6.24. The molecule has 0 bridgehead atoms. The number of rotatable bonds is 4. The molecule has 0 spiro atoms. The first-order valence-corrected chi connectivity index (χ1v) is 10.8. The second-order valence-corrected chi connectivity index (χ2v) is 8.72. The zero-order valence-electron chi connectivity index (χ0n) is 18.0. The predicted molar refractivity (Wildman–Crippen MR) is 125 cm³/mol. The predicted octanol–water partition coefficient (Wildman–Crippen LogP) is 5.23. The van der Waals surface area contributed by atoms with Crippen LogP contribution in [0.25, 0.3) is 0 Å². The highest BCUT2D eigenvalue weighted by Gasteiger charge is 2.63. The molecule has 164 valence electrons. The van der Waals surface area contributed by atoms with Crippen molar-refractivity contribution < 1.29 is 14.5 Å². The molecule has 0 radical (unpaired) electrons. The fraction of sp³-hybridized carbons (Fsp3) is 0.185. The number of anilines is 1. The minimum Gasteiger partial charge on any atom is -0.274 e. The van der Waals surface area contributed by atoms with Crippen LogP contribution in [0, 0.1) is 21.4 Å². The van der Waals surface area contributed by atoms with Crippen LogP contribution in [0.4, 0.5) is 11.4 Å². The van der Waals surface area contributed by atoms with E-state index >= 15 is 0 Å². The monoisotopic (exact) mass is 438 g/mol. The molecule has 0 unspecified atom stereocenters. The summed E-state index contributed by atoms with van der Waals surface area (Å²) >= 11 is 0. The van der Waals surface area contributed by atoms with E-state index in [1.807, 2.05) is 79.7 Å². The average Bonchev–Trinajstić information content (AvgIpc) is 3.05. The molecule has 5 rings (SSSR count). The van der Waals surface area contributed by atoms with E-state index in [1.54, 1.807) is 0 Å². The molecule has 1 aliphatic carbocycles. The number of amides is 2. The number of nitro benzene ring substituents is 1. The van der Waals surface area contributed by atoms with Crippen LogP contribution in [0.15, 0.2) is 97.1 Å². The van der Waals surface area contributed by atoms with Crippen LogP contribution in [-0.4, -0.2) is 16.7 Å². The SMILES string of the molecule is C[C@@]12C(=O)N(c3ccc([N+](=O)[O-])cc3)C(=O)[C@H]1[C@@H](c1ccccc1)C=C[C@H]2c1ccccc1. The number of benzene rings is 3. The first-order chi connectivity index (χ1) is 15.9. The van der Waals surface area contributed by atoms with E-state index in [2.05, 4.69) is 0 Å². The van der Waals surface area contributed by atoms with Crippen molar-refractivity contribution in [1.82, 2.24) is 0 Å². The van der Waals surface area contributed by atoms with E-state index in [9.17, 15) is 19.7 Å². The van der Waals surface area contributed by atoms with Gasteiger partial charge in [-0.05, 0) is 30.2 Å². The van der Waals surface area contributed by atoms with Crippen LogP contribution in [0.2, 0.25) is 0 Å². The number of fused-ring (bicyclic) bond motifs is 1. The summed E-state index contributed by atoms with van der Waals surface area (Å²) in [6, 6.07) is 25.1. The van der Waals surface area contributed by atoms with Crippen molar-refractivity contribution in [2.24, 2.45) is 11.3 Å². The van der Waals surface area contributed by atoms with Crippen LogP contribution in [-0.2, 0) is 9.59 Å². The third-order valence-electron chi connectivity index (χ3n) is 6.97. The molecule has 33 heavy (non-hydrogen) atoms. The van der Waals surface area contributed by atoms with Gasteiger partial charge in [0.05, 0.1) is 21.9 Å². The van der Waals surface area contributed by atoms with Gasteiger partial charge in [-0.15, -0.1) is 0 Å². The van der Waals surface area contributed by atoms with Crippen molar-refractivity contribution in [3.05, 3.63) is 118 Å². The Bertz CT molecular complexity index is 1250. The molecule has 6 nitrogen and oxygen atoms in total. The molecular formula is C27H22N2O4. The van der Waals surface area contributed by atoms with Crippen LogP contribution >= 0.6 is 0 Å². The Balaban J connectivity index is 1.65. The summed E-state index contributed by atoms with van der Waals surface area (Å²) in [6.45, 7) is 1.88. The minimum atomic E-state index is -1.00. The molecule has 0 saturated carbocycles. The van der Waals surface area contributed by atoms with Gasteiger partial charge in [-0.1, -0.05) is 72.8 Å². The van der Waals surface area contributed by atoms with Gasteiger partial charge >= 0.3 is 0 Å². The summed E-state index contributed by atoms with van der Waals surface area (Å²) in [6.07, 6.45) is 4.10. The maximum atomic E-state index is 14.0. The molecular weight excluding hydrogens is 416 g/mol. The summed E-state index contributed by atoms with van der Waals surface area (Å²) in [7, 11) is 0. The number of nitro groups is 1. The molecule has 1 aliphatic heterocycles. The maximum absolute atomic E-state index is 14.0. The molecule has 3 aromatic carbocycles. The maximum Gasteiger partial charge on any atom is 0.269 e. The summed E-state index contributed by atoms with van der Waals surface area (Å²) < 4.78 is 0. The van der Waals surface area contributed by atoms with Gasteiger partial charge < -0.3 is 0 Å². The van der Waals surface area contributed by atoms with Gasteiger partial charge in [-0.25, -0.2) is 4.90 Å². The second kappa shape index (κ2) is 7.81. The zero-order chi connectivity index (χ0) is 23.2. The molecule has 1 fully saturated rings. The lowest BCUT2D eigenvalue weighted by Gasteiger charge is -2.41. The number of non-ortho nitro benzene ring substituents is 1. The van der Waals surface area contributed by atoms with Crippen molar-refractivity contribution in [1.29, 1.82) is 0 Å². The lowest BCUT2D eigenvalue weighted by atomic mass is 9.58. The number of carbonyl (C=O) groups excluding carboxylic acids is 2. The van der Waals surface area contributed by atoms with Crippen LogP contribution in [0.5, 0.6) is 0 Å². The van der Waals surface area contributed by atoms with Crippen LogP contribution in [0.1, 0.15) is 29.9 Å². The number of allylic oxidation sites excluding steroid dienone is 2. The number of hydrogen-bond acceptors (Lipinski definition) is 4. The molecule has 6 heteroatoms. The highest BCUT2D eigenvalue weighted by atomic mass is 16.6.